The summed E-state index contributed by atoms with van der Waals surface area (Å²) in [4.78, 5) is 1.86. The molecule has 1 atom stereocenters. The van der Waals surface area contributed by atoms with E-state index in [0.717, 1.165) is 13.1 Å². The fraction of sp³-hybridized carbons (Fsp3) is 1.00. The second-order valence-electron chi connectivity index (χ2n) is 1.82. The molecule has 0 saturated heterocycles. The standard InChI is InChI=1S/C6H14NO.Na/c1-4-7(5-2)6(3)8;/h6H,4-5H2,1-3H3;/q-1;+1. The van der Waals surface area contributed by atoms with Crippen LogP contribution in [0.4, 0.5) is 0 Å². The number of hydrogen-bond acceptors (Lipinski definition) is 2. The van der Waals surface area contributed by atoms with E-state index in [1.807, 2.05) is 18.7 Å². The first-order valence-corrected chi connectivity index (χ1v) is 3.12. The number of rotatable bonds is 3. The van der Waals surface area contributed by atoms with Crippen molar-refractivity contribution in [3.63, 3.8) is 0 Å². The van der Waals surface area contributed by atoms with Crippen LogP contribution >= 0.6 is 0 Å². The summed E-state index contributed by atoms with van der Waals surface area (Å²) >= 11 is 0. The molecule has 0 spiro atoms. The summed E-state index contributed by atoms with van der Waals surface area (Å²) in [6, 6.07) is 0. The van der Waals surface area contributed by atoms with Gasteiger partial charge in [-0.05, 0) is 13.1 Å². The molecule has 0 saturated carbocycles. The number of hydrogen-bond donors (Lipinski definition) is 0. The minimum absolute atomic E-state index is 0. The Bertz CT molecular complexity index is 55.0. The van der Waals surface area contributed by atoms with Crippen LogP contribution in [-0.4, -0.2) is 24.2 Å². The van der Waals surface area contributed by atoms with E-state index in [-0.39, 0.29) is 29.6 Å². The zero-order valence-electron chi connectivity index (χ0n) is 6.85. The molecule has 0 aliphatic rings. The van der Waals surface area contributed by atoms with Gasteiger partial charge in [0.15, 0.2) is 0 Å². The molecule has 0 heterocycles. The maximum atomic E-state index is 10.6. The Kier molecular flexibility index (Phi) is 9.83. The Labute approximate surface area is 79.5 Å². The fourth-order valence-electron chi connectivity index (χ4n) is 0.738. The summed E-state index contributed by atoms with van der Waals surface area (Å²) in [7, 11) is 0. The van der Waals surface area contributed by atoms with Gasteiger partial charge in [-0.1, -0.05) is 27.0 Å². The topological polar surface area (TPSA) is 26.3 Å². The molecule has 2 nitrogen and oxygen atoms in total. The quantitative estimate of drug-likeness (QED) is 0.308. The second-order valence-corrected chi connectivity index (χ2v) is 1.82. The molecule has 50 valence electrons. The third-order valence-electron chi connectivity index (χ3n) is 1.33. The Balaban J connectivity index is 0. The van der Waals surface area contributed by atoms with Crippen LogP contribution in [0.3, 0.4) is 0 Å². The molecule has 0 fully saturated rings. The molecular weight excluding hydrogens is 125 g/mol. The molecule has 0 N–H and O–H groups in total. The molecule has 0 aromatic carbocycles. The first-order valence-electron chi connectivity index (χ1n) is 3.12. The third kappa shape index (κ3) is 5.37. The van der Waals surface area contributed by atoms with Crippen molar-refractivity contribution >= 4 is 0 Å². The Hall–Kier alpha value is 0.920. The summed E-state index contributed by atoms with van der Waals surface area (Å²) in [5, 5.41) is 10.6. The van der Waals surface area contributed by atoms with E-state index >= 15 is 0 Å². The van der Waals surface area contributed by atoms with Crippen LogP contribution in [0.5, 0.6) is 0 Å². The van der Waals surface area contributed by atoms with Crippen molar-refractivity contribution in [2.45, 2.75) is 27.0 Å². The van der Waals surface area contributed by atoms with Crippen LogP contribution in [0.25, 0.3) is 0 Å². The smallest absolute Gasteiger partial charge is 0.841 e. The molecule has 0 radical (unpaired) electrons. The Morgan fingerprint density at radius 1 is 1.33 bits per heavy atom. The molecular formula is C6H14NNaO. The van der Waals surface area contributed by atoms with Gasteiger partial charge < -0.3 is 10.0 Å². The van der Waals surface area contributed by atoms with Crippen LogP contribution in [0, 0.1) is 0 Å². The van der Waals surface area contributed by atoms with Crippen LogP contribution in [0.2, 0.25) is 0 Å². The minimum Gasteiger partial charge on any atom is -0.841 e. The van der Waals surface area contributed by atoms with Crippen molar-refractivity contribution < 1.29 is 34.7 Å². The van der Waals surface area contributed by atoms with Crippen LogP contribution < -0.4 is 34.7 Å². The van der Waals surface area contributed by atoms with E-state index in [0.29, 0.717) is 0 Å². The molecule has 0 amide bonds. The van der Waals surface area contributed by atoms with Crippen LogP contribution in [0.15, 0.2) is 0 Å². The molecule has 0 aromatic heterocycles. The summed E-state index contributed by atoms with van der Waals surface area (Å²) in [5.41, 5.74) is 0. The Morgan fingerprint density at radius 2 is 1.67 bits per heavy atom. The average molecular weight is 139 g/mol. The van der Waals surface area contributed by atoms with Crippen molar-refractivity contribution in [2.75, 3.05) is 13.1 Å². The molecule has 0 aromatic rings. The SMILES string of the molecule is CCN(CC)C(C)[O-].[Na+]. The number of nitrogens with zero attached hydrogens (tertiary/aromatic N) is 1. The zero-order valence-corrected chi connectivity index (χ0v) is 8.85. The molecule has 9 heavy (non-hydrogen) atoms. The summed E-state index contributed by atoms with van der Waals surface area (Å²) in [6.45, 7) is 7.39. The van der Waals surface area contributed by atoms with Crippen molar-refractivity contribution in [3.05, 3.63) is 0 Å². The van der Waals surface area contributed by atoms with E-state index in [2.05, 4.69) is 0 Å². The molecule has 3 heteroatoms. The summed E-state index contributed by atoms with van der Waals surface area (Å²) < 4.78 is 0. The van der Waals surface area contributed by atoms with Crippen LogP contribution in [0.1, 0.15) is 20.8 Å². The van der Waals surface area contributed by atoms with Gasteiger partial charge in [-0.25, -0.2) is 0 Å². The zero-order chi connectivity index (χ0) is 6.57. The summed E-state index contributed by atoms with van der Waals surface area (Å²) in [6.07, 6.45) is -0.537. The van der Waals surface area contributed by atoms with Crippen LogP contribution in [-0.2, 0) is 0 Å². The largest absolute Gasteiger partial charge is 1.00 e. The normalized spacial score (nSPS) is 13.0. The summed E-state index contributed by atoms with van der Waals surface area (Å²) in [5.74, 6) is 0. The van der Waals surface area contributed by atoms with E-state index in [9.17, 15) is 5.11 Å². The first kappa shape index (κ1) is 12.6. The maximum Gasteiger partial charge on any atom is 1.00 e. The van der Waals surface area contributed by atoms with Gasteiger partial charge in [-0.2, -0.15) is 0 Å². The van der Waals surface area contributed by atoms with Gasteiger partial charge in [0.05, 0.1) is 0 Å². The van der Waals surface area contributed by atoms with Crippen molar-refractivity contribution in [1.82, 2.24) is 4.90 Å². The van der Waals surface area contributed by atoms with E-state index in [4.69, 9.17) is 0 Å². The Morgan fingerprint density at radius 3 is 1.67 bits per heavy atom. The predicted octanol–water partition coefficient (Wildman–Crippen LogP) is -2.96. The third-order valence-corrected chi connectivity index (χ3v) is 1.33. The van der Waals surface area contributed by atoms with Gasteiger partial charge in [0, 0.05) is 0 Å². The van der Waals surface area contributed by atoms with Gasteiger partial charge in [-0.15, -0.1) is 0 Å². The van der Waals surface area contributed by atoms with Gasteiger partial charge in [-0.3, -0.25) is 0 Å². The van der Waals surface area contributed by atoms with Crippen molar-refractivity contribution in [1.29, 1.82) is 0 Å². The van der Waals surface area contributed by atoms with Crippen molar-refractivity contribution in [3.8, 4) is 0 Å². The monoisotopic (exact) mass is 139 g/mol. The minimum atomic E-state index is -0.537. The molecule has 1 unspecified atom stereocenters. The average Bonchev–Trinajstić information content (AvgIpc) is 1.69. The van der Waals surface area contributed by atoms with Gasteiger partial charge in [0.1, 0.15) is 0 Å². The molecule has 0 aliphatic carbocycles. The molecule has 0 bridgehead atoms. The van der Waals surface area contributed by atoms with Gasteiger partial charge in [0.2, 0.25) is 0 Å². The first-order chi connectivity index (χ1) is 3.72. The van der Waals surface area contributed by atoms with Gasteiger partial charge >= 0.3 is 29.6 Å². The fourth-order valence-corrected chi connectivity index (χ4v) is 0.738. The van der Waals surface area contributed by atoms with E-state index in [1.165, 1.54) is 0 Å². The van der Waals surface area contributed by atoms with Crippen molar-refractivity contribution in [2.24, 2.45) is 0 Å². The van der Waals surface area contributed by atoms with E-state index in [1.54, 1.807) is 6.92 Å². The second kappa shape index (κ2) is 7.03. The molecule has 0 aliphatic heterocycles. The van der Waals surface area contributed by atoms with E-state index < -0.39 is 6.23 Å². The predicted molar refractivity (Wildman–Crippen MR) is 32.4 cm³/mol. The molecule has 0 rings (SSSR count). The van der Waals surface area contributed by atoms with Gasteiger partial charge in [0.25, 0.3) is 0 Å². The maximum absolute atomic E-state index is 10.6.